The van der Waals surface area contributed by atoms with Crippen molar-refractivity contribution in [2.75, 3.05) is 6.61 Å². The van der Waals surface area contributed by atoms with E-state index in [1.165, 1.54) is 10.7 Å². The van der Waals surface area contributed by atoms with Gasteiger partial charge in [-0.25, -0.2) is 4.68 Å². The molecule has 4 heteroatoms. The van der Waals surface area contributed by atoms with Crippen molar-refractivity contribution in [1.29, 1.82) is 0 Å². The smallest absolute Gasteiger partial charge is 0.270 e. The van der Waals surface area contributed by atoms with Gasteiger partial charge < -0.3 is 4.74 Å². The second-order valence-electron chi connectivity index (χ2n) is 4.05. The summed E-state index contributed by atoms with van der Waals surface area (Å²) < 4.78 is 6.62. The van der Waals surface area contributed by atoms with Gasteiger partial charge in [0, 0.05) is 6.07 Å². The Hall–Kier alpha value is -1.32. The molecule has 0 unspecified atom stereocenters. The predicted octanol–water partition coefficient (Wildman–Crippen LogP) is 1.40. The molecule has 1 rings (SSSR count). The molecular formula is C10H16N2O2. The summed E-state index contributed by atoms with van der Waals surface area (Å²) in [5.41, 5.74) is -0.426. The third kappa shape index (κ3) is 2.34. The highest BCUT2D eigenvalue weighted by atomic mass is 16.5. The minimum atomic E-state index is -0.290. The Kier molecular flexibility index (Phi) is 2.93. The Bertz CT molecular complexity index is 363. The van der Waals surface area contributed by atoms with E-state index in [1.54, 1.807) is 6.20 Å². The Labute approximate surface area is 83.5 Å². The van der Waals surface area contributed by atoms with Crippen molar-refractivity contribution in [2.24, 2.45) is 0 Å². The topological polar surface area (TPSA) is 44.1 Å². The summed E-state index contributed by atoms with van der Waals surface area (Å²) in [5.74, 6) is 0.526. The summed E-state index contributed by atoms with van der Waals surface area (Å²) in [6.45, 7) is 8.21. The van der Waals surface area contributed by atoms with Gasteiger partial charge in [0.15, 0.2) is 0 Å². The first-order valence-electron chi connectivity index (χ1n) is 4.68. The molecule has 0 atom stereocenters. The van der Waals surface area contributed by atoms with E-state index in [9.17, 15) is 4.79 Å². The van der Waals surface area contributed by atoms with Crippen LogP contribution in [0, 0.1) is 0 Å². The molecule has 14 heavy (non-hydrogen) atoms. The van der Waals surface area contributed by atoms with Crippen LogP contribution in [0.4, 0.5) is 0 Å². The van der Waals surface area contributed by atoms with E-state index in [4.69, 9.17) is 4.74 Å². The van der Waals surface area contributed by atoms with Gasteiger partial charge in [-0.1, -0.05) is 0 Å². The fourth-order valence-corrected chi connectivity index (χ4v) is 1.14. The van der Waals surface area contributed by atoms with Gasteiger partial charge in [-0.05, 0) is 27.7 Å². The third-order valence-corrected chi connectivity index (χ3v) is 1.72. The third-order valence-electron chi connectivity index (χ3n) is 1.72. The SMILES string of the molecule is CCOc1cnn(C(C)(C)C)c(=O)c1. The Balaban J connectivity index is 3.09. The van der Waals surface area contributed by atoms with Crippen molar-refractivity contribution < 1.29 is 4.74 Å². The minimum absolute atomic E-state index is 0.136. The van der Waals surface area contributed by atoms with Crippen molar-refractivity contribution in [1.82, 2.24) is 9.78 Å². The molecule has 0 fully saturated rings. The van der Waals surface area contributed by atoms with E-state index in [-0.39, 0.29) is 11.1 Å². The first-order valence-corrected chi connectivity index (χ1v) is 4.68. The molecule has 1 aromatic heterocycles. The number of hydrogen-bond acceptors (Lipinski definition) is 3. The van der Waals surface area contributed by atoms with Crippen molar-refractivity contribution >= 4 is 0 Å². The normalized spacial score (nSPS) is 11.4. The number of rotatable bonds is 2. The summed E-state index contributed by atoms with van der Waals surface area (Å²) in [7, 11) is 0. The van der Waals surface area contributed by atoms with Crippen LogP contribution in [0.1, 0.15) is 27.7 Å². The Morgan fingerprint density at radius 3 is 2.57 bits per heavy atom. The van der Waals surface area contributed by atoms with E-state index in [1.807, 2.05) is 27.7 Å². The van der Waals surface area contributed by atoms with E-state index in [0.29, 0.717) is 12.4 Å². The molecule has 0 spiro atoms. The van der Waals surface area contributed by atoms with Crippen LogP contribution in [0.3, 0.4) is 0 Å². The van der Waals surface area contributed by atoms with Crippen molar-refractivity contribution in [3.63, 3.8) is 0 Å². The monoisotopic (exact) mass is 196 g/mol. The fourth-order valence-electron chi connectivity index (χ4n) is 1.14. The second-order valence-corrected chi connectivity index (χ2v) is 4.05. The lowest BCUT2D eigenvalue weighted by molar-refractivity contribution is 0.313. The van der Waals surface area contributed by atoms with Gasteiger partial charge in [0.05, 0.1) is 18.3 Å². The van der Waals surface area contributed by atoms with Crippen LogP contribution in [-0.2, 0) is 5.54 Å². The molecule has 78 valence electrons. The van der Waals surface area contributed by atoms with Crippen molar-refractivity contribution in [3.8, 4) is 5.75 Å². The van der Waals surface area contributed by atoms with Crippen LogP contribution < -0.4 is 10.3 Å². The average Bonchev–Trinajstić information content (AvgIpc) is 2.02. The summed E-state index contributed by atoms with van der Waals surface area (Å²) in [5, 5.41) is 4.05. The zero-order valence-corrected chi connectivity index (χ0v) is 9.07. The molecule has 0 aliphatic carbocycles. The van der Waals surface area contributed by atoms with Crippen molar-refractivity contribution in [3.05, 3.63) is 22.6 Å². The van der Waals surface area contributed by atoms with E-state index in [2.05, 4.69) is 5.10 Å². The summed E-state index contributed by atoms with van der Waals surface area (Å²) in [6, 6.07) is 1.46. The van der Waals surface area contributed by atoms with Gasteiger partial charge >= 0.3 is 0 Å². The van der Waals surface area contributed by atoms with E-state index in [0.717, 1.165) is 0 Å². The molecule has 1 heterocycles. The minimum Gasteiger partial charge on any atom is -0.492 e. The molecule has 0 radical (unpaired) electrons. The van der Waals surface area contributed by atoms with Crippen LogP contribution in [0.5, 0.6) is 5.75 Å². The van der Waals surface area contributed by atoms with Crippen LogP contribution >= 0.6 is 0 Å². The number of aromatic nitrogens is 2. The molecular weight excluding hydrogens is 180 g/mol. The van der Waals surface area contributed by atoms with Crippen LogP contribution in [0.15, 0.2) is 17.1 Å². The highest BCUT2D eigenvalue weighted by Gasteiger charge is 2.15. The maximum atomic E-state index is 11.6. The molecule has 0 aromatic carbocycles. The molecule has 0 N–H and O–H groups in total. The lowest BCUT2D eigenvalue weighted by atomic mass is 10.1. The maximum Gasteiger partial charge on any atom is 0.270 e. The molecule has 0 aliphatic rings. The largest absolute Gasteiger partial charge is 0.492 e. The standard InChI is InChI=1S/C10H16N2O2/c1-5-14-8-6-9(13)12(11-7-8)10(2,3)4/h6-7H,5H2,1-4H3. The lowest BCUT2D eigenvalue weighted by Gasteiger charge is -2.20. The first kappa shape index (κ1) is 10.8. The first-order chi connectivity index (χ1) is 6.45. The fraction of sp³-hybridized carbons (Fsp3) is 0.600. The number of hydrogen-bond donors (Lipinski definition) is 0. The molecule has 0 aliphatic heterocycles. The Morgan fingerprint density at radius 2 is 2.14 bits per heavy atom. The van der Waals surface area contributed by atoms with Gasteiger partial charge in [0.25, 0.3) is 5.56 Å². The van der Waals surface area contributed by atoms with Gasteiger partial charge in [-0.3, -0.25) is 4.79 Å². The van der Waals surface area contributed by atoms with E-state index >= 15 is 0 Å². The van der Waals surface area contributed by atoms with Crippen LogP contribution in [-0.4, -0.2) is 16.4 Å². The molecule has 0 bridgehead atoms. The predicted molar refractivity (Wildman–Crippen MR) is 54.7 cm³/mol. The van der Waals surface area contributed by atoms with Crippen LogP contribution in [0.25, 0.3) is 0 Å². The van der Waals surface area contributed by atoms with Gasteiger partial charge in [-0.15, -0.1) is 0 Å². The zero-order valence-electron chi connectivity index (χ0n) is 9.07. The quantitative estimate of drug-likeness (QED) is 0.718. The highest BCUT2D eigenvalue weighted by Crippen LogP contribution is 2.10. The zero-order chi connectivity index (χ0) is 10.8. The average molecular weight is 196 g/mol. The van der Waals surface area contributed by atoms with Gasteiger partial charge in [0.2, 0.25) is 0 Å². The van der Waals surface area contributed by atoms with Crippen molar-refractivity contribution in [2.45, 2.75) is 33.2 Å². The van der Waals surface area contributed by atoms with E-state index < -0.39 is 0 Å². The van der Waals surface area contributed by atoms with Gasteiger partial charge in [0.1, 0.15) is 5.75 Å². The molecule has 0 amide bonds. The summed E-state index contributed by atoms with van der Waals surface area (Å²) in [4.78, 5) is 11.6. The van der Waals surface area contributed by atoms with Crippen LogP contribution in [0.2, 0.25) is 0 Å². The maximum absolute atomic E-state index is 11.6. The molecule has 4 nitrogen and oxygen atoms in total. The molecule has 0 saturated heterocycles. The molecule has 1 aromatic rings. The molecule has 0 saturated carbocycles. The summed E-state index contributed by atoms with van der Waals surface area (Å²) >= 11 is 0. The number of nitrogens with zero attached hydrogens (tertiary/aromatic N) is 2. The van der Waals surface area contributed by atoms with Gasteiger partial charge in [-0.2, -0.15) is 5.10 Å². The number of ether oxygens (including phenoxy) is 1. The lowest BCUT2D eigenvalue weighted by Crippen LogP contribution is -2.35. The highest BCUT2D eigenvalue weighted by molar-refractivity contribution is 5.13. The Morgan fingerprint density at radius 1 is 1.50 bits per heavy atom. The summed E-state index contributed by atoms with van der Waals surface area (Å²) in [6.07, 6.45) is 1.57. The second kappa shape index (κ2) is 3.82.